The van der Waals surface area contributed by atoms with Crippen LogP contribution in [0.15, 0.2) is 30.3 Å². The number of halogens is 1. The maximum absolute atomic E-state index is 13.4. The Hall–Kier alpha value is -2.54. The highest BCUT2D eigenvalue weighted by Gasteiger charge is 2.24. The molecule has 2 aromatic heterocycles. The van der Waals surface area contributed by atoms with E-state index in [0.717, 1.165) is 40.5 Å². The molecule has 0 saturated heterocycles. The second-order valence-corrected chi connectivity index (χ2v) is 9.30. The van der Waals surface area contributed by atoms with Crippen LogP contribution in [0.1, 0.15) is 53.3 Å². The van der Waals surface area contributed by atoms with Crippen molar-refractivity contribution in [2.45, 2.75) is 46.0 Å². The van der Waals surface area contributed by atoms with Crippen LogP contribution >= 0.6 is 11.3 Å². The third-order valence-corrected chi connectivity index (χ3v) is 6.24. The van der Waals surface area contributed by atoms with Gasteiger partial charge in [0.25, 0.3) is 5.91 Å². The number of benzene rings is 1. The number of nitrogens with zero attached hydrogens (tertiary/aromatic N) is 3. The molecule has 1 aromatic carbocycles. The summed E-state index contributed by atoms with van der Waals surface area (Å²) >= 11 is 1.49. The zero-order valence-electron chi connectivity index (χ0n) is 17.5. The fourth-order valence-corrected chi connectivity index (χ4v) is 4.10. The molecule has 3 rings (SSSR count). The summed E-state index contributed by atoms with van der Waals surface area (Å²) in [5.41, 5.74) is 3.17. The minimum absolute atomic E-state index is 0.0144. The minimum Gasteiger partial charge on any atom is -0.341 e. The molecule has 0 spiro atoms. The molecule has 0 aliphatic rings. The molecule has 29 heavy (non-hydrogen) atoms. The topological polar surface area (TPSA) is 61.9 Å². The summed E-state index contributed by atoms with van der Waals surface area (Å²) in [4.78, 5) is 19.9. The SMILES string of the molecule is Cc1nc(C(C)(C)C)sc1C(=O)N(C)CCCc1cc(-c2cccc(F)c2)n[nH]1. The first-order valence-electron chi connectivity index (χ1n) is 9.69. The Labute approximate surface area is 175 Å². The van der Waals surface area contributed by atoms with Crippen molar-refractivity contribution >= 4 is 17.2 Å². The van der Waals surface area contributed by atoms with Gasteiger partial charge in [-0.25, -0.2) is 9.37 Å². The highest BCUT2D eigenvalue weighted by Crippen LogP contribution is 2.29. The van der Waals surface area contributed by atoms with Gasteiger partial charge in [0.1, 0.15) is 10.7 Å². The van der Waals surface area contributed by atoms with Crippen molar-refractivity contribution < 1.29 is 9.18 Å². The normalized spacial score (nSPS) is 11.7. The minimum atomic E-state index is -0.278. The van der Waals surface area contributed by atoms with Crippen LogP contribution in [0.5, 0.6) is 0 Å². The fraction of sp³-hybridized carbons (Fsp3) is 0.409. The Balaban J connectivity index is 1.57. The molecule has 2 heterocycles. The van der Waals surface area contributed by atoms with Gasteiger partial charge < -0.3 is 4.90 Å². The Kier molecular flexibility index (Phi) is 6.17. The average Bonchev–Trinajstić information content (AvgIpc) is 3.27. The quantitative estimate of drug-likeness (QED) is 0.619. The largest absolute Gasteiger partial charge is 0.341 e. The van der Waals surface area contributed by atoms with Gasteiger partial charge in [-0.05, 0) is 38.0 Å². The molecular formula is C22H27FN4OS. The molecule has 0 aliphatic carbocycles. The van der Waals surface area contributed by atoms with Gasteiger partial charge in [-0.3, -0.25) is 9.89 Å². The summed E-state index contributed by atoms with van der Waals surface area (Å²) in [5, 5.41) is 8.25. The number of hydrogen-bond donors (Lipinski definition) is 1. The highest BCUT2D eigenvalue weighted by molar-refractivity contribution is 7.14. The van der Waals surface area contributed by atoms with Crippen LogP contribution in [0.2, 0.25) is 0 Å². The number of carbonyl (C=O) groups excluding carboxylic acids is 1. The zero-order chi connectivity index (χ0) is 21.2. The van der Waals surface area contributed by atoms with E-state index in [1.807, 2.05) is 26.1 Å². The molecule has 0 bridgehead atoms. The van der Waals surface area contributed by atoms with Crippen LogP contribution in [0, 0.1) is 12.7 Å². The lowest BCUT2D eigenvalue weighted by atomic mass is 9.98. The lowest BCUT2D eigenvalue weighted by molar-refractivity contribution is 0.0797. The first-order valence-corrected chi connectivity index (χ1v) is 10.5. The monoisotopic (exact) mass is 414 g/mol. The third-order valence-electron chi connectivity index (χ3n) is 4.67. The molecule has 7 heteroatoms. The molecule has 0 atom stereocenters. The van der Waals surface area contributed by atoms with Gasteiger partial charge in [-0.15, -0.1) is 11.3 Å². The van der Waals surface area contributed by atoms with Crippen molar-refractivity contribution in [3.8, 4) is 11.3 Å². The van der Waals surface area contributed by atoms with Crippen LogP contribution in [0.25, 0.3) is 11.3 Å². The summed E-state index contributed by atoms with van der Waals surface area (Å²) in [6.07, 6.45) is 1.56. The number of aromatic amines is 1. The summed E-state index contributed by atoms with van der Waals surface area (Å²) in [6, 6.07) is 8.32. The number of thiazole rings is 1. The molecule has 0 fully saturated rings. The summed E-state index contributed by atoms with van der Waals surface area (Å²) < 4.78 is 13.4. The molecular weight excluding hydrogens is 387 g/mol. The summed E-state index contributed by atoms with van der Waals surface area (Å²) in [6.45, 7) is 8.84. The number of carbonyl (C=O) groups is 1. The van der Waals surface area contributed by atoms with E-state index in [4.69, 9.17) is 0 Å². The molecule has 0 unspecified atom stereocenters. The van der Waals surface area contributed by atoms with Crippen molar-refractivity contribution in [1.82, 2.24) is 20.1 Å². The third kappa shape index (κ3) is 5.09. The van der Waals surface area contributed by atoms with Crippen molar-refractivity contribution in [2.75, 3.05) is 13.6 Å². The molecule has 0 aliphatic heterocycles. The van der Waals surface area contributed by atoms with E-state index in [-0.39, 0.29) is 17.1 Å². The van der Waals surface area contributed by atoms with Gasteiger partial charge in [0.2, 0.25) is 0 Å². The van der Waals surface area contributed by atoms with Gasteiger partial charge in [0.05, 0.1) is 16.4 Å². The molecule has 3 aromatic rings. The number of rotatable bonds is 6. The number of hydrogen-bond acceptors (Lipinski definition) is 4. The second-order valence-electron chi connectivity index (χ2n) is 8.30. The smallest absolute Gasteiger partial charge is 0.265 e. The standard InChI is InChI=1S/C22H27FN4OS/c1-14-19(29-21(24-14)22(2,3)4)20(28)27(5)11-7-10-17-13-18(26-25-17)15-8-6-9-16(23)12-15/h6,8-9,12-13H,7,10-11H2,1-5H3,(H,25,26). The second kappa shape index (κ2) is 8.45. The fourth-order valence-electron chi connectivity index (χ4n) is 2.98. The number of aryl methyl sites for hydroxylation is 2. The van der Waals surface area contributed by atoms with Crippen LogP contribution in [-0.2, 0) is 11.8 Å². The van der Waals surface area contributed by atoms with Crippen molar-refractivity contribution in [3.63, 3.8) is 0 Å². The first kappa shape index (κ1) is 21.2. The van der Waals surface area contributed by atoms with Crippen LogP contribution in [0.3, 0.4) is 0 Å². The van der Waals surface area contributed by atoms with Gasteiger partial charge in [0, 0.05) is 30.3 Å². The summed E-state index contributed by atoms with van der Waals surface area (Å²) in [7, 11) is 1.82. The van der Waals surface area contributed by atoms with Gasteiger partial charge in [0.15, 0.2) is 0 Å². The van der Waals surface area contributed by atoms with Crippen LogP contribution in [0.4, 0.5) is 4.39 Å². The van der Waals surface area contributed by atoms with E-state index < -0.39 is 0 Å². The Morgan fingerprint density at radius 3 is 2.69 bits per heavy atom. The molecule has 0 radical (unpaired) electrons. The van der Waals surface area contributed by atoms with E-state index in [1.54, 1.807) is 11.0 Å². The maximum atomic E-state index is 13.4. The lowest BCUT2D eigenvalue weighted by Gasteiger charge is -2.16. The van der Waals surface area contributed by atoms with Gasteiger partial charge >= 0.3 is 0 Å². The highest BCUT2D eigenvalue weighted by atomic mass is 32.1. The predicted octanol–water partition coefficient (Wildman–Crippen LogP) is 4.98. The van der Waals surface area contributed by atoms with Crippen LogP contribution in [-0.4, -0.2) is 39.6 Å². The van der Waals surface area contributed by atoms with Crippen molar-refractivity contribution in [1.29, 1.82) is 0 Å². The van der Waals surface area contributed by atoms with E-state index in [9.17, 15) is 9.18 Å². The Morgan fingerprint density at radius 1 is 1.28 bits per heavy atom. The summed E-state index contributed by atoms with van der Waals surface area (Å²) in [5.74, 6) is -0.263. The van der Waals surface area contributed by atoms with Gasteiger partial charge in [-0.2, -0.15) is 5.10 Å². The number of aromatic nitrogens is 3. The van der Waals surface area contributed by atoms with E-state index >= 15 is 0 Å². The number of amides is 1. The Bertz CT molecular complexity index is 1000. The van der Waals surface area contributed by atoms with Gasteiger partial charge in [-0.1, -0.05) is 32.9 Å². The molecule has 154 valence electrons. The van der Waals surface area contributed by atoms with E-state index in [0.29, 0.717) is 11.4 Å². The molecule has 1 amide bonds. The number of nitrogens with one attached hydrogen (secondary N) is 1. The molecule has 1 N–H and O–H groups in total. The predicted molar refractivity (Wildman–Crippen MR) is 115 cm³/mol. The average molecular weight is 415 g/mol. The maximum Gasteiger partial charge on any atom is 0.265 e. The lowest BCUT2D eigenvalue weighted by Crippen LogP contribution is -2.27. The molecule has 5 nitrogen and oxygen atoms in total. The molecule has 0 saturated carbocycles. The van der Waals surface area contributed by atoms with Crippen molar-refractivity contribution in [3.05, 3.63) is 57.4 Å². The van der Waals surface area contributed by atoms with Crippen LogP contribution < -0.4 is 0 Å². The van der Waals surface area contributed by atoms with E-state index in [2.05, 4.69) is 36.0 Å². The zero-order valence-corrected chi connectivity index (χ0v) is 18.4. The van der Waals surface area contributed by atoms with E-state index in [1.165, 1.54) is 23.5 Å². The Morgan fingerprint density at radius 2 is 2.03 bits per heavy atom. The van der Waals surface area contributed by atoms with Crippen molar-refractivity contribution in [2.24, 2.45) is 0 Å². The number of H-pyrrole nitrogens is 1. The first-order chi connectivity index (χ1) is 13.6.